The Bertz CT molecular complexity index is 844. The van der Waals surface area contributed by atoms with E-state index in [1.807, 2.05) is 37.3 Å². The topological polar surface area (TPSA) is 70.7 Å². The van der Waals surface area contributed by atoms with Gasteiger partial charge in [0.15, 0.2) is 0 Å². The molecule has 31 heavy (non-hydrogen) atoms. The van der Waals surface area contributed by atoms with Crippen LogP contribution in [0.4, 0.5) is 0 Å². The zero-order valence-electron chi connectivity index (χ0n) is 18.7. The van der Waals surface area contributed by atoms with Crippen LogP contribution in [-0.2, 0) is 4.79 Å². The van der Waals surface area contributed by atoms with Crippen LogP contribution in [0.25, 0.3) is 6.08 Å². The van der Waals surface area contributed by atoms with Gasteiger partial charge in [-0.25, -0.2) is 0 Å². The summed E-state index contributed by atoms with van der Waals surface area (Å²) in [6, 6.07) is 16.3. The molecule has 0 saturated carbocycles. The van der Waals surface area contributed by atoms with Gasteiger partial charge in [-0.3, -0.25) is 9.59 Å². The Balaban J connectivity index is 2.09. The zero-order chi connectivity index (χ0) is 22.5. The Morgan fingerprint density at radius 1 is 0.968 bits per heavy atom. The summed E-state index contributed by atoms with van der Waals surface area (Å²) in [7, 11) is 0. The molecule has 0 aliphatic carbocycles. The van der Waals surface area contributed by atoms with Gasteiger partial charge in [0.1, 0.15) is 18.1 Å². The summed E-state index contributed by atoms with van der Waals surface area (Å²) in [5.74, 6) is 0.134. The molecule has 6 nitrogen and oxygen atoms in total. The van der Waals surface area contributed by atoms with E-state index in [1.165, 1.54) is 0 Å². The smallest absolute Gasteiger partial charge is 0.267 e. The van der Waals surface area contributed by atoms with Gasteiger partial charge in [-0.05, 0) is 55.4 Å². The minimum absolute atomic E-state index is 0.206. The summed E-state index contributed by atoms with van der Waals surface area (Å²) in [5.41, 5.74) is 1.50. The SMILES string of the molecule is CCCNC(=O)/C(=C/c1ccc(OCCN(CC)CC)cc1)NC(=O)c1ccccc1. The second-order valence-electron chi connectivity index (χ2n) is 7.08. The fourth-order valence-corrected chi connectivity index (χ4v) is 2.94. The summed E-state index contributed by atoms with van der Waals surface area (Å²) in [5, 5.41) is 5.56. The van der Waals surface area contributed by atoms with Gasteiger partial charge in [0, 0.05) is 18.7 Å². The molecule has 0 spiro atoms. The molecular weight excluding hydrogens is 390 g/mol. The molecule has 2 N–H and O–H groups in total. The number of carbonyl (C=O) groups is 2. The Morgan fingerprint density at radius 2 is 1.65 bits per heavy atom. The number of benzene rings is 2. The first-order valence-electron chi connectivity index (χ1n) is 10.9. The summed E-state index contributed by atoms with van der Waals surface area (Å²) in [6.07, 6.45) is 2.48. The lowest BCUT2D eigenvalue weighted by Crippen LogP contribution is -2.35. The Morgan fingerprint density at radius 3 is 2.26 bits per heavy atom. The molecule has 0 aromatic heterocycles. The van der Waals surface area contributed by atoms with Gasteiger partial charge in [-0.1, -0.05) is 51.1 Å². The van der Waals surface area contributed by atoms with Gasteiger partial charge in [-0.15, -0.1) is 0 Å². The molecule has 0 unspecified atom stereocenters. The van der Waals surface area contributed by atoms with Crippen molar-refractivity contribution >= 4 is 17.9 Å². The largest absolute Gasteiger partial charge is 0.492 e. The minimum Gasteiger partial charge on any atom is -0.492 e. The normalized spacial score (nSPS) is 11.3. The van der Waals surface area contributed by atoms with E-state index in [-0.39, 0.29) is 17.5 Å². The molecule has 0 fully saturated rings. The second kappa shape index (κ2) is 13.2. The summed E-state index contributed by atoms with van der Waals surface area (Å²) < 4.78 is 5.81. The van der Waals surface area contributed by atoms with Crippen LogP contribution in [0.1, 0.15) is 43.1 Å². The number of amides is 2. The molecular formula is C25H33N3O3. The van der Waals surface area contributed by atoms with E-state index in [2.05, 4.69) is 29.4 Å². The molecule has 166 valence electrons. The number of nitrogens with zero attached hydrogens (tertiary/aromatic N) is 1. The quantitative estimate of drug-likeness (QED) is 0.511. The maximum Gasteiger partial charge on any atom is 0.267 e. The van der Waals surface area contributed by atoms with Crippen LogP contribution in [-0.4, -0.2) is 49.5 Å². The first-order valence-corrected chi connectivity index (χ1v) is 10.9. The van der Waals surface area contributed by atoms with Crippen LogP contribution < -0.4 is 15.4 Å². The number of rotatable bonds is 12. The molecule has 2 rings (SSSR count). The number of hydrogen-bond donors (Lipinski definition) is 2. The van der Waals surface area contributed by atoms with Gasteiger partial charge >= 0.3 is 0 Å². The zero-order valence-corrected chi connectivity index (χ0v) is 18.7. The summed E-state index contributed by atoms with van der Waals surface area (Å²) >= 11 is 0. The van der Waals surface area contributed by atoms with Gasteiger partial charge < -0.3 is 20.3 Å². The maximum absolute atomic E-state index is 12.6. The highest BCUT2D eigenvalue weighted by Crippen LogP contribution is 2.15. The monoisotopic (exact) mass is 423 g/mol. The van der Waals surface area contributed by atoms with Crippen LogP contribution in [0.3, 0.4) is 0 Å². The van der Waals surface area contributed by atoms with Crippen molar-refractivity contribution in [1.29, 1.82) is 0 Å². The van der Waals surface area contributed by atoms with Crippen molar-refractivity contribution in [2.24, 2.45) is 0 Å². The summed E-state index contributed by atoms with van der Waals surface area (Å²) in [4.78, 5) is 27.4. The Hall–Kier alpha value is -3.12. The molecule has 0 bridgehead atoms. The average Bonchev–Trinajstić information content (AvgIpc) is 2.81. The van der Waals surface area contributed by atoms with Crippen molar-refractivity contribution in [2.75, 3.05) is 32.8 Å². The first-order chi connectivity index (χ1) is 15.1. The third kappa shape index (κ3) is 8.26. The van der Waals surface area contributed by atoms with E-state index < -0.39 is 0 Å². The van der Waals surface area contributed by atoms with Crippen LogP contribution >= 0.6 is 0 Å². The van der Waals surface area contributed by atoms with Crippen molar-refractivity contribution in [3.8, 4) is 5.75 Å². The maximum atomic E-state index is 12.6. The fourth-order valence-electron chi connectivity index (χ4n) is 2.94. The number of hydrogen-bond acceptors (Lipinski definition) is 4. The predicted octanol–water partition coefficient (Wildman–Crippen LogP) is 3.70. The third-order valence-electron chi connectivity index (χ3n) is 4.83. The minimum atomic E-state index is -0.324. The molecule has 2 amide bonds. The molecule has 0 saturated heterocycles. The van der Waals surface area contributed by atoms with E-state index in [0.717, 1.165) is 37.4 Å². The van der Waals surface area contributed by atoms with E-state index in [4.69, 9.17) is 4.74 Å². The van der Waals surface area contributed by atoms with Crippen LogP contribution in [0, 0.1) is 0 Å². The van der Waals surface area contributed by atoms with Crippen LogP contribution in [0.2, 0.25) is 0 Å². The van der Waals surface area contributed by atoms with Gasteiger partial charge in [0.05, 0.1) is 0 Å². The van der Waals surface area contributed by atoms with Gasteiger partial charge in [0.25, 0.3) is 11.8 Å². The number of likely N-dealkylation sites (N-methyl/N-ethyl adjacent to an activating group) is 1. The summed E-state index contributed by atoms with van der Waals surface area (Å²) in [6.45, 7) is 10.3. The lowest BCUT2D eigenvalue weighted by Gasteiger charge is -2.18. The van der Waals surface area contributed by atoms with Crippen molar-refractivity contribution < 1.29 is 14.3 Å². The average molecular weight is 424 g/mol. The van der Waals surface area contributed by atoms with Gasteiger partial charge in [-0.2, -0.15) is 0 Å². The van der Waals surface area contributed by atoms with E-state index in [0.29, 0.717) is 18.7 Å². The predicted molar refractivity (Wildman–Crippen MR) is 125 cm³/mol. The van der Waals surface area contributed by atoms with Crippen LogP contribution in [0.15, 0.2) is 60.3 Å². The lowest BCUT2D eigenvalue weighted by molar-refractivity contribution is -0.117. The third-order valence-corrected chi connectivity index (χ3v) is 4.83. The molecule has 6 heteroatoms. The molecule has 2 aromatic rings. The highest BCUT2D eigenvalue weighted by Gasteiger charge is 2.14. The van der Waals surface area contributed by atoms with Crippen LogP contribution in [0.5, 0.6) is 5.75 Å². The Labute approximate surface area is 185 Å². The molecule has 0 atom stereocenters. The Kier molecular flexibility index (Phi) is 10.3. The second-order valence-corrected chi connectivity index (χ2v) is 7.08. The van der Waals surface area contributed by atoms with E-state index in [1.54, 1.807) is 30.3 Å². The number of carbonyl (C=O) groups excluding carboxylic acids is 2. The van der Waals surface area contributed by atoms with Crippen molar-refractivity contribution in [1.82, 2.24) is 15.5 Å². The van der Waals surface area contributed by atoms with Crippen molar-refractivity contribution in [3.05, 3.63) is 71.4 Å². The highest BCUT2D eigenvalue weighted by atomic mass is 16.5. The fraction of sp³-hybridized carbons (Fsp3) is 0.360. The van der Waals surface area contributed by atoms with Gasteiger partial charge in [0.2, 0.25) is 0 Å². The molecule has 0 aliphatic rings. The van der Waals surface area contributed by atoms with Crippen molar-refractivity contribution in [3.63, 3.8) is 0 Å². The van der Waals surface area contributed by atoms with Crippen molar-refractivity contribution in [2.45, 2.75) is 27.2 Å². The first kappa shape index (κ1) is 24.2. The molecule has 2 aromatic carbocycles. The molecule has 0 aliphatic heterocycles. The highest BCUT2D eigenvalue weighted by molar-refractivity contribution is 6.05. The molecule has 0 heterocycles. The lowest BCUT2D eigenvalue weighted by atomic mass is 10.1. The molecule has 0 radical (unpaired) electrons. The van der Waals surface area contributed by atoms with E-state index in [9.17, 15) is 9.59 Å². The number of nitrogens with one attached hydrogen (secondary N) is 2. The van der Waals surface area contributed by atoms with E-state index >= 15 is 0 Å². The standard InChI is InChI=1S/C25H33N3O3/c1-4-16-26-25(30)23(27-24(29)21-10-8-7-9-11-21)19-20-12-14-22(15-13-20)31-18-17-28(5-2)6-3/h7-15,19H,4-6,16-18H2,1-3H3,(H,26,30)(H,27,29)/b23-19-. The number of ether oxygens (including phenoxy) is 1.